The van der Waals surface area contributed by atoms with Crippen molar-refractivity contribution in [2.75, 3.05) is 13.4 Å². The fourth-order valence-electron chi connectivity index (χ4n) is 3.73. The molecular weight excluding hydrogens is 300 g/mol. The molecule has 0 spiro atoms. The molecule has 0 bridgehead atoms. The minimum absolute atomic E-state index is 0.0378. The highest BCUT2D eigenvalue weighted by atomic mass is 16.8. The van der Waals surface area contributed by atoms with Gasteiger partial charge < -0.3 is 29.2 Å². The van der Waals surface area contributed by atoms with Gasteiger partial charge in [-0.3, -0.25) is 0 Å². The summed E-state index contributed by atoms with van der Waals surface area (Å²) < 4.78 is 24.2. The molecule has 2 heterocycles. The highest BCUT2D eigenvalue weighted by Gasteiger charge is 2.79. The molecule has 2 saturated heterocycles. The number of ether oxygens (including phenoxy) is 4. The summed E-state index contributed by atoms with van der Waals surface area (Å²) in [6, 6.07) is 0. The highest BCUT2D eigenvalue weighted by Crippen LogP contribution is 2.59. The molecule has 2 rings (SSSR count). The first-order valence-electron chi connectivity index (χ1n) is 8.26. The van der Waals surface area contributed by atoms with Gasteiger partial charge in [-0.05, 0) is 54.9 Å². The van der Waals surface area contributed by atoms with E-state index in [2.05, 4.69) is 0 Å². The molecule has 0 aromatic heterocycles. The molecule has 6 nitrogen and oxygen atoms in total. The van der Waals surface area contributed by atoms with Crippen LogP contribution in [0.25, 0.3) is 0 Å². The fraction of sp³-hybridized carbons (Fsp3) is 1.00. The Morgan fingerprint density at radius 2 is 1.65 bits per heavy atom. The zero-order valence-electron chi connectivity index (χ0n) is 15.6. The van der Waals surface area contributed by atoms with E-state index in [1.807, 2.05) is 34.6 Å². The van der Waals surface area contributed by atoms with E-state index < -0.39 is 33.8 Å². The molecule has 0 saturated carbocycles. The van der Waals surface area contributed by atoms with Gasteiger partial charge in [0.25, 0.3) is 0 Å². The zero-order valence-corrected chi connectivity index (χ0v) is 15.6. The SMILES string of the molecule is CCC(C)(C)OC1(C)C2(C)OCO[C@@]2(C)OC(C)(CO)[C@]1(C)O. The third kappa shape index (κ3) is 2.23. The van der Waals surface area contributed by atoms with Crippen LogP contribution in [0.1, 0.15) is 61.8 Å². The molecule has 3 unspecified atom stereocenters. The molecule has 0 aromatic carbocycles. The van der Waals surface area contributed by atoms with Crippen molar-refractivity contribution in [1.82, 2.24) is 0 Å². The molecule has 0 aliphatic carbocycles. The van der Waals surface area contributed by atoms with E-state index in [4.69, 9.17) is 18.9 Å². The van der Waals surface area contributed by atoms with E-state index >= 15 is 0 Å². The van der Waals surface area contributed by atoms with Gasteiger partial charge in [0.05, 0.1) is 12.2 Å². The van der Waals surface area contributed by atoms with Gasteiger partial charge in [-0.15, -0.1) is 0 Å². The van der Waals surface area contributed by atoms with E-state index in [0.717, 1.165) is 6.42 Å². The van der Waals surface area contributed by atoms with Crippen LogP contribution in [0, 0.1) is 0 Å². The summed E-state index contributed by atoms with van der Waals surface area (Å²) in [7, 11) is 0. The van der Waals surface area contributed by atoms with E-state index in [9.17, 15) is 10.2 Å². The van der Waals surface area contributed by atoms with Gasteiger partial charge in [0, 0.05) is 0 Å². The molecule has 136 valence electrons. The molecular formula is C17H32O6. The first-order chi connectivity index (χ1) is 10.2. The summed E-state index contributed by atoms with van der Waals surface area (Å²) in [6.07, 6.45) is 0.753. The number of rotatable bonds is 4. The van der Waals surface area contributed by atoms with Crippen LogP contribution in [0.2, 0.25) is 0 Å². The number of hydrogen-bond acceptors (Lipinski definition) is 6. The van der Waals surface area contributed by atoms with Gasteiger partial charge in [-0.1, -0.05) is 6.92 Å². The van der Waals surface area contributed by atoms with E-state index in [-0.39, 0.29) is 13.4 Å². The molecule has 23 heavy (non-hydrogen) atoms. The second-order valence-corrected chi connectivity index (χ2v) is 8.20. The van der Waals surface area contributed by atoms with E-state index in [0.29, 0.717) is 0 Å². The summed E-state index contributed by atoms with van der Waals surface area (Å²) >= 11 is 0. The van der Waals surface area contributed by atoms with Crippen molar-refractivity contribution in [2.45, 2.75) is 95.6 Å². The maximum absolute atomic E-state index is 11.5. The number of hydrogen-bond donors (Lipinski definition) is 2. The number of aliphatic hydroxyl groups is 2. The second-order valence-electron chi connectivity index (χ2n) is 8.20. The van der Waals surface area contributed by atoms with E-state index in [1.165, 1.54) is 0 Å². The van der Waals surface area contributed by atoms with Crippen LogP contribution in [-0.2, 0) is 18.9 Å². The van der Waals surface area contributed by atoms with Crippen molar-refractivity contribution in [3.63, 3.8) is 0 Å². The average Bonchev–Trinajstić information content (AvgIpc) is 2.74. The van der Waals surface area contributed by atoms with Crippen LogP contribution in [0.3, 0.4) is 0 Å². The Labute approximate surface area is 139 Å². The Hall–Kier alpha value is -0.240. The molecule has 2 fully saturated rings. The Bertz CT molecular complexity index is 476. The normalized spacial score (nSPS) is 50.9. The third-order valence-corrected chi connectivity index (χ3v) is 6.47. The van der Waals surface area contributed by atoms with Crippen molar-refractivity contribution in [3.05, 3.63) is 0 Å². The van der Waals surface area contributed by atoms with Gasteiger partial charge in [-0.25, -0.2) is 0 Å². The van der Waals surface area contributed by atoms with E-state index in [1.54, 1.807) is 20.8 Å². The standard InChI is InChI=1S/C17H32O6/c1-9-12(2,3)22-15(6)14(5,19)13(4,10-18)23-17(8)16(15,7)20-11-21-17/h18-19H,9-11H2,1-8H3/t13?,14-,15?,16?,17-/m0/s1. The lowest BCUT2D eigenvalue weighted by atomic mass is 9.60. The highest BCUT2D eigenvalue weighted by molar-refractivity contribution is 5.24. The molecule has 2 aliphatic heterocycles. The van der Waals surface area contributed by atoms with Crippen molar-refractivity contribution in [1.29, 1.82) is 0 Å². The minimum Gasteiger partial charge on any atom is -0.393 e. The monoisotopic (exact) mass is 332 g/mol. The zero-order chi connectivity index (χ0) is 17.9. The molecule has 5 atom stereocenters. The maximum Gasteiger partial charge on any atom is 0.200 e. The first kappa shape index (κ1) is 19.1. The second kappa shape index (κ2) is 5.13. The largest absolute Gasteiger partial charge is 0.393 e. The Kier molecular flexibility index (Phi) is 4.26. The van der Waals surface area contributed by atoms with Crippen molar-refractivity contribution in [2.24, 2.45) is 0 Å². The van der Waals surface area contributed by atoms with Crippen molar-refractivity contribution in [3.8, 4) is 0 Å². The maximum atomic E-state index is 11.5. The van der Waals surface area contributed by atoms with Crippen molar-refractivity contribution < 1.29 is 29.2 Å². The predicted octanol–water partition coefficient (Wildman–Crippen LogP) is 1.96. The Morgan fingerprint density at radius 3 is 2.13 bits per heavy atom. The van der Waals surface area contributed by atoms with Crippen LogP contribution in [0.15, 0.2) is 0 Å². The molecule has 0 amide bonds. The molecule has 0 aromatic rings. The van der Waals surface area contributed by atoms with Crippen LogP contribution < -0.4 is 0 Å². The van der Waals surface area contributed by atoms with Crippen LogP contribution in [-0.4, -0.2) is 57.4 Å². The number of fused-ring (bicyclic) bond motifs is 1. The smallest absolute Gasteiger partial charge is 0.200 e. The first-order valence-corrected chi connectivity index (χ1v) is 8.26. The number of aliphatic hydroxyl groups excluding tert-OH is 1. The topological polar surface area (TPSA) is 77.4 Å². The minimum atomic E-state index is -1.52. The molecule has 2 aliphatic rings. The van der Waals surface area contributed by atoms with Crippen LogP contribution in [0.4, 0.5) is 0 Å². The van der Waals surface area contributed by atoms with Gasteiger partial charge in [-0.2, -0.15) is 0 Å². The summed E-state index contributed by atoms with van der Waals surface area (Å²) in [5, 5.41) is 21.4. The van der Waals surface area contributed by atoms with Crippen molar-refractivity contribution >= 4 is 0 Å². The fourth-order valence-corrected chi connectivity index (χ4v) is 3.73. The quantitative estimate of drug-likeness (QED) is 0.819. The predicted molar refractivity (Wildman–Crippen MR) is 84.9 cm³/mol. The van der Waals surface area contributed by atoms with Gasteiger partial charge in [0.15, 0.2) is 12.4 Å². The Morgan fingerprint density at radius 1 is 1.09 bits per heavy atom. The third-order valence-electron chi connectivity index (χ3n) is 6.47. The Balaban J connectivity index is 2.66. The van der Waals surface area contributed by atoms with Gasteiger partial charge in [0.2, 0.25) is 5.79 Å². The lowest BCUT2D eigenvalue weighted by molar-refractivity contribution is -0.435. The van der Waals surface area contributed by atoms with Gasteiger partial charge in [0.1, 0.15) is 16.8 Å². The van der Waals surface area contributed by atoms with Gasteiger partial charge >= 0.3 is 0 Å². The lowest BCUT2D eigenvalue weighted by Gasteiger charge is -2.66. The molecule has 6 heteroatoms. The van der Waals surface area contributed by atoms with Crippen LogP contribution >= 0.6 is 0 Å². The summed E-state index contributed by atoms with van der Waals surface area (Å²) in [5.41, 5.74) is -5.52. The molecule has 0 radical (unpaired) electrons. The van der Waals surface area contributed by atoms with Crippen LogP contribution in [0.5, 0.6) is 0 Å². The average molecular weight is 332 g/mol. The summed E-state index contributed by atoms with van der Waals surface area (Å²) in [5.74, 6) is -1.15. The summed E-state index contributed by atoms with van der Waals surface area (Å²) in [4.78, 5) is 0. The summed E-state index contributed by atoms with van der Waals surface area (Å²) in [6.45, 7) is 14.3. The molecule has 2 N–H and O–H groups in total. The lowest BCUT2D eigenvalue weighted by Crippen LogP contribution is -2.84.